The lowest BCUT2D eigenvalue weighted by molar-refractivity contribution is 0.395. The number of methoxy groups -OCH3 is 2. The number of hydrogen-bond donors (Lipinski definition) is 2. The second-order valence-electron chi connectivity index (χ2n) is 5.65. The third kappa shape index (κ3) is 4.90. The molecule has 3 rings (SSSR count). The maximum atomic E-state index is 6.28. The number of benzene rings is 2. The average molecular weight is 403 g/mol. The minimum Gasteiger partial charge on any atom is -0.497 e. The molecule has 27 heavy (non-hydrogen) atoms. The van der Waals surface area contributed by atoms with Gasteiger partial charge in [0.05, 0.1) is 26.5 Å². The van der Waals surface area contributed by atoms with E-state index < -0.39 is 0 Å². The minimum atomic E-state index is 0.352. The van der Waals surface area contributed by atoms with Crippen molar-refractivity contribution in [3.05, 3.63) is 65.3 Å². The molecule has 8 heteroatoms. The van der Waals surface area contributed by atoms with Crippen molar-refractivity contribution in [2.24, 2.45) is 0 Å². The lowest BCUT2D eigenvalue weighted by Crippen LogP contribution is -2.20. The molecule has 0 spiro atoms. The molecule has 140 valence electrons. The second kappa shape index (κ2) is 8.75. The summed E-state index contributed by atoms with van der Waals surface area (Å²) in [5.41, 5.74) is 1.84. The summed E-state index contributed by atoms with van der Waals surface area (Å²) in [7, 11) is 3.18. The average Bonchev–Trinajstić information content (AvgIpc) is 3.01. The number of nitrogens with zero attached hydrogens (tertiary/aromatic N) is 2. The van der Waals surface area contributed by atoms with Crippen molar-refractivity contribution in [2.45, 2.75) is 6.54 Å². The highest BCUT2D eigenvalue weighted by molar-refractivity contribution is 7.80. The van der Waals surface area contributed by atoms with E-state index in [1.165, 1.54) is 0 Å². The number of aromatic nitrogens is 2. The first kappa shape index (κ1) is 19.0. The van der Waals surface area contributed by atoms with E-state index in [9.17, 15) is 0 Å². The minimum absolute atomic E-state index is 0.352. The van der Waals surface area contributed by atoms with Gasteiger partial charge in [-0.3, -0.25) is 4.68 Å². The summed E-state index contributed by atoms with van der Waals surface area (Å²) in [4.78, 5) is 0. The second-order valence-corrected chi connectivity index (χ2v) is 6.47. The van der Waals surface area contributed by atoms with E-state index in [0.29, 0.717) is 39.7 Å². The first-order chi connectivity index (χ1) is 13.1. The quantitative estimate of drug-likeness (QED) is 0.595. The zero-order valence-electron chi connectivity index (χ0n) is 14.9. The molecule has 0 radical (unpaired) electrons. The van der Waals surface area contributed by atoms with Crippen LogP contribution in [0.5, 0.6) is 11.5 Å². The van der Waals surface area contributed by atoms with E-state index in [-0.39, 0.29) is 0 Å². The van der Waals surface area contributed by atoms with Crippen molar-refractivity contribution in [1.29, 1.82) is 0 Å². The molecule has 0 aliphatic rings. The van der Waals surface area contributed by atoms with Gasteiger partial charge in [-0.1, -0.05) is 41.9 Å². The fraction of sp³-hybridized carbons (Fsp3) is 0.158. The van der Waals surface area contributed by atoms with Crippen LogP contribution in [0, 0.1) is 0 Å². The fourth-order valence-electron chi connectivity index (χ4n) is 2.50. The highest BCUT2D eigenvalue weighted by atomic mass is 35.5. The molecular formula is C19H19ClN4O2S. The number of halogens is 1. The molecule has 1 aromatic heterocycles. The molecule has 0 atom stereocenters. The monoisotopic (exact) mass is 402 g/mol. The predicted octanol–water partition coefficient (Wildman–Crippen LogP) is 4.41. The van der Waals surface area contributed by atoms with Crippen LogP contribution in [0.3, 0.4) is 0 Å². The zero-order valence-corrected chi connectivity index (χ0v) is 16.5. The molecular weight excluding hydrogens is 384 g/mol. The molecule has 0 unspecified atom stereocenters. The van der Waals surface area contributed by atoms with Crippen molar-refractivity contribution < 1.29 is 9.47 Å². The van der Waals surface area contributed by atoms with Crippen LogP contribution in [-0.4, -0.2) is 29.1 Å². The number of rotatable bonds is 6. The van der Waals surface area contributed by atoms with Crippen molar-refractivity contribution >= 4 is 40.4 Å². The first-order valence-electron chi connectivity index (χ1n) is 8.16. The van der Waals surface area contributed by atoms with E-state index in [1.54, 1.807) is 31.2 Å². The van der Waals surface area contributed by atoms with E-state index in [0.717, 1.165) is 5.56 Å². The van der Waals surface area contributed by atoms with Crippen LogP contribution < -0.4 is 20.1 Å². The van der Waals surface area contributed by atoms with Crippen molar-refractivity contribution in [1.82, 2.24) is 9.78 Å². The maximum absolute atomic E-state index is 6.28. The van der Waals surface area contributed by atoms with Gasteiger partial charge in [-0.25, -0.2) is 0 Å². The Kier molecular flexibility index (Phi) is 6.16. The van der Waals surface area contributed by atoms with Crippen molar-refractivity contribution in [3.63, 3.8) is 0 Å². The lowest BCUT2D eigenvalue weighted by Gasteiger charge is -2.13. The third-order valence-corrected chi connectivity index (χ3v) is 4.27. The van der Waals surface area contributed by atoms with Gasteiger partial charge >= 0.3 is 0 Å². The molecule has 6 nitrogen and oxygen atoms in total. The molecule has 2 aromatic carbocycles. The molecule has 0 amide bonds. The molecule has 0 aliphatic heterocycles. The molecule has 0 saturated heterocycles. The topological polar surface area (TPSA) is 60.3 Å². The van der Waals surface area contributed by atoms with Gasteiger partial charge in [-0.15, -0.1) is 0 Å². The predicted molar refractivity (Wildman–Crippen MR) is 112 cm³/mol. The van der Waals surface area contributed by atoms with Crippen LogP contribution in [0.25, 0.3) is 0 Å². The molecule has 1 heterocycles. The van der Waals surface area contributed by atoms with E-state index in [2.05, 4.69) is 15.7 Å². The molecule has 0 bridgehead atoms. The summed E-state index contributed by atoms with van der Waals surface area (Å²) in [6, 6.07) is 15.4. The van der Waals surface area contributed by atoms with Crippen LogP contribution in [0.4, 0.5) is 11.5 Å². The highest BCUT2D eigenvalue weighted by Crippen LogP contribution is 2.29. The first-order valence-corrected chi connectivity index (χ1v) is 8.94. The summed E-state index contributed by atoms with van der Waals surface area (Å²) in [6.45, 7) is 0.620. The standard InChI is InChI=1S/C19H19ClN4O2S/c1-25-14-8-9-16(17(10-14)26-2)21-19(27)22-18-15(20)12-24(23-18)11-13-6-4-3-5-7-13/h3-10,12H,11H2,1-2H3,(H2,21,22,23,27). The molecule has 3 aromatic rings. The van der Waals surface area contributed by atoms with E-state index >= 15 is 0 Å². The molecule has 2 N–H and O–H groups in total. The SMILES string of the molecule is COc1ccc(NC(=S)Nc2nn(Cc3ccccc3)cc2Cl)c(OC)c1. The Morgan fingerprint density at radius 1 is 1.11 bits per heavy atom. The summed E-state index contributed by atoms with van der Waals surface area (Å²) in [5, 5.41) is 11.4. The Balaban J connectivity index is 1.68. The third-order valence-electron chi connectivity index (χ3n) is 3.79. The maximum Gasteiger partial charge on any atom is 0.176 e. The highest BCUT2D eigenvalue weighted by Gasteiger charge is 2.11. The van der Waals surface area contributed by atoms with Crippen LogP contribution >= 0.6 is 23.8 Å². The normalized spacial score (nSPS) is 10.3. The number of nitrogens with one attached hydrogen (secondary N) is 2. The number of ether oxygens (including phenoxy) is 2. The van der Waals surface area contributed by atoms with Gasteiger partial charge in [0.15, 0.2) is 10.9 Å². The van der Waals surface area contributed by atoms with Gasteiger partial charge in [-0.05, 0) is 29.9 Å². The lowest BCUT2D eigenvalue weighted by atomic mass is 10.2. The largest absolute Gasteiger partial charge is 0.497 e. The summed E-state index contributed by atoms with van der Waals surface area (Å²) in [5.74, 6) is 1.79. The fourth-order valence-corrected chi connectivity index (χ4v) is 2.90. The number of hydrogen-bond acceptors (Lipinski definition) is 4. The van der Waals surface area contributed by atoms with Crippen molar-refractivity contribution in [3.8, 4) is 11.5 Å². The Morgan fingerprint density at radius 2 is 1.89 bits per heavy atom. The molecule has 0 saturated carbocycles. The van der Waals surface area contributed by atoms with Crippen LogP contribution in [0.2, 0.25) is 5.02 Å². The van der Waals surface area contributed by atoms with E-state index in [4.69, 9.17) is 33.3 Å². The summed E-state index contributed by atoms with van der Waals surface area (Å²) >= 11 is 11.7. The Morgan fingerprint density at radius 3 is 2.59 bits per heavy atom. The van der Waals surface area contributed by atoms with Crippen LogP contribution in [0.15, 0.2) is 54.7 Å². The van der Waals surface area contributed by atoms with Gasteiger partial charge < -0.3 is 20.1 Å². The van der Waals surface area contributed by atoms with Crippen LogP contribution in [0.1, 0.15) is 5.56 Å². The van der Waals surface area contributed by atoms with Gasteiger partial charge in [0.25, 0.3) is 0 Å². The smallest absolute Gasteiger partial charge is 0.176 e. The number of thiocarbonyl (C=S) groups is 1. The number of anilines is 2. The Bertz CT molecular complexity index is 931. The van der Waals surface area contributed by atoms with Gasteiger partial charge in [0.1, 0.15) is 16.5 Å². The van der Waals surface area contributed by atoms with Gasteiger partial charge in [0, 0.05) is 12.3 Å². The summed E-state index contributed by atoms with van der Waals surface area (Å²) in [6.07, 6.45) is 1.76. The summed E-state index contributed by atoms with van der Waals surface area (Å²) < 4.78 is 12.3. The zero-order chi connectivity index (χ0) is 19.2. The van der Waals surface area contributed by atoms with Crippen molar-refractivity contribution in [2.75, 3.05) is 24.9 Å². The van der Waals surface area contributed by atoms with E-state index in [1.807, 2.05) is 42.5 Å². The van der Waals surface area contributed by atoms with Gasteiger partial charge in [0.2, 0.25) is 0 Å². The molecule has 0 aliphatic carbocycles. The molecule has 0 fully saturated rings. The Hall–Kier alpha value is -2.77. The van der Waals surface area contributed by atoms with Crippen LogP contribution in [-0.2, 0) is 6.54 Å². The van der Waals surface area contributed by atoms with Gasteiger partial charge in [-0.2, -0.15) is 5.10 Å². The Labute approximate surface area is 168 Å².